The van der Waals surface area contributed by atoms with Gasteiger partial charge in [0.05, 0.1) is 36.0 Å². The zero-order chi connectivity index (χ0) is 29.3. The first-order valence-electron chi connectivity index (χ1n) is 13.0. The molecule has 1 aliphatic heterocycles. The molecule has 5 rings (SSSR count). The first-order valence-corrected chi connectivity index (χ1v) is 13.0. The van der Waals surface area contributed by atoms with Gasteiger partial charge in [0.25, 0.3) is 0 Å². The summed E-state index contributed by atoms with van der Waals surface area (Å²) in [6.45, 7) is 0. The molecule has 0 spiro atoms. The minimum absolute atomic E-state index is 0.00525. The number of alkyl halides is 3. The van der Waals surface area contributed by atoms with Gasteiger partial charge in [0, 0.05) is 30.4 Å². The Bertz CT molecular complexity index is 1500. The van der Waals surface area contributed by atoms with Crippen molar-refractivity contribution < 1.29 is 37.4 Å². The molecule has 41 heavy (non-hydrogen) atoms. The van der Waals surface area contributed by atoms with E-state index < -0.39 is 47.9 Å². The fourth-order valence-corrected chi connectivity index (χ4v) is 5.50. The smallest absolute Gasteiger partial charge is 0.416 e. The highest BCUT2D eigenvalue weighted by Crippen LogP contribution is 2.48. The number of nitrogens with zero attached hydrogens (tertiary/aromatic N) is 1. The number of nitrogens with one attached hydrogen (secondary N) is 1. The van der Waals surface area contributed by atoms with Crippen molar-refractivity contribution in [2.45, 2.75) is 37.4 Å². The number of allylic oxidation sites excluding steroid dienone is 1. The molecule has 1 heterocycles. The Balaban J connectivity index is 1.64. The molecule has 0 aromatic heterocycles. The second-order valence-corrected chi connectivity index (χ2v) is 9.99. The van der Waals surface area contributed by atoms with E-state index in [-0.39, 0.29) is 18.6 Å². The number of aliphatic carboxylic acids is 1. The summed E-state index contributed by atoms with van der Waals surface area (Å²) in [5.74, 6) is -2.85. The maximum Gasteiger partial charge on any atom is 0.416 e. The summed E-state index contributed by atoms with van der Waals surface area (Å²) in [6, 6.07) is 17.8. The number of Topliss-reactive ketones (excluding diaryl/α,β-unsaturated/α-hetero) is 1. The van der Waals surface area contributed by atoms with Crippen molar-refractivity contribution in [2.24, 2.45) is 5.92 Å². The normalized spacial score (nSPS) is 20.2. The van der Waals surface area contributed by atoms with Gasteiger partial charge in [0.1, 0.15) is 11.5 Å². The molecule has 0 bridgehead atoms. The Kier molecular flexibility index (Phi) is 7.57. The number of carboxylic acids is 1. The van der Waals surface area contributed by atoms with Gasteiger partial charge in [0.2, 0.25) is 5.91 Å². The number of rotatable bonds is 6. The molecule has 7 nitrogen and oxygen atoms in total. The summed E-state index contributed by atoms with van der Waals surface area (Å²) < 4.78 is 44.7. The van der Waals surface area contributed by atoms with Crippen molar-refractivity contribution in [3.63, 3.8) is 0 Å². The largest absolute Gasteiger partial charge is 0.550 e. The van der Waals surface area contributed by atoms with Crippen LogP contribution in [0.2, 0.25) is 0 Å². The number of methoxy groups -OCH3 is 1. The molecule has 0 radical (unpaired) electrons. The van der Waals surface area contributed by atoms with Crippen LogP contribution < -0.4 is 20.1 Å². The molecule has 10 heteroatoms. The molecule has 0 saturated carbocycles. The van der Waals surface area contributed by atoms with E-state index in [2.05, 4.69) is 5.32 Å². The minimum Gasteiger partial charge on any atom is -0.550 e. The van der Waals surface area contributed by atoms with Crippen molar-refractivity contribution in [2.75, 3.05) is 17.3 Å². The molecule has 1 aliphatic carbocycles. The van der Waals surface area contributed by atoms with Gasteiger partial charge in [-0.2, -0.15) is 13.2 Å². The highest BCUT2D eigenvalue weighted by molar-refractivity contribution is 6.02. The molecule has 0 saturated heterocycles. The number of benzene rings is 3. The van der Waals surface area contributed by atoms with Gasteiger partial charge in [-0.25, -0.2) is 0 Å². The number of halogens is 3. The molecular weight excluding hydrogens is 537 g/mol. The van der Waals surface area contributed by atoms with E-state index in [1.54, 1.807) is 48.5 Å². The number of amides is 1. The number of carbonyl (C=O) groups excluding carboxylic acids is 3. The number of anilines is 2. The van der Waals surface area contributed by atoms with Crippen LogP contribution in [0.4, 0.5) is 24.5 Å². The summed E-state index contributed by atoms with van der Waals surface area (Å²) in [5.41, 5.74) is 1.91. The zero-order valence-corrected chi connectivity index (χ0v) is 22.0. The average Bonchev–Trinajstić information content (AvgIpc) is 3.10. The lowest BCUT2D eigenvalue weighted by Gasteiger charge is -2.37. The Morgan fingerprint density at radius 2 is 1.63 bits per heavy atom. The van der Waals surface area contributed by atoms with E-state index in [0.29, 0.717) is 33.9 Å². The lowest BCUT2D eigenvalue weighted by Crippen LogP contribution is -2.43. The summed E-state index contributed by atoms with van der Waals surface area (Å²) in [4.78, 5) is 40.3. The fourth-order valence-electron chi connectivity index (χ4n) is 5.50. The van der Waals surface area contributed by atoms with Crippen LogP contribution in [0.15, 0.2) is 84.6 Å². The lowest BCUT2D eigenvalue weighted by atomic mass is 9.76. The van der Waals surface area contributed by atoms with Gasteiger partial charge in [0.15, 0.2) is 0 Å². The first-order chi connectivity index (χ1) is 19.6. The molecule has 0 fully saturated rings. The number of carbonyl (C=O) groups is 3. The molecule has 1 amide bonds. The van der Waals surface area contributed by atoms with Crippen LogP contribution in [-0.4, -0.2) is 24.8 Å². The standard InChI is InChI=1S/C31H27F3N2O5/c1-41-22-12-8-19(9-13-22)30-29-24(16-20(17-26(29)37)18-6-10-21(11-7-18)31(32,33)34)35-23-4-2-3-5-25(23)36(30)27(38)14-15-28(39)40/h2-13,16,20,29-30,35H,14-15,17H2,1H3,(H,39,40)/p-1. The number of fused-ring (bicyclic) bond motifs is 2. The summed E-state index contributed by atoms with van der Waals surface area (Å²) in [6.07, 6.45) is -3.47. The van der Waals surface area contributed by atoms with Crippen LogP contribution in [-0.2, 0) is 20.6 Å². The van der Waals surface area contributed by atoms with Crippen LogP contribution in [0.5, 0.6) is 5.75 Å². The average molecular weight is 564 g/mol. The predicted octanol–water partition coefficient (Wildman–Crippen LogP) is 5.00. The summed E-state index contributed by atoms with van der Waals surface area (Å²) >= 11 is 0. The second kappa shape index (κ2) is 11.1. The molecule has 212 valence electrons. The van der Waals surface area contributed by atoms with E-state index in [9.17, 15) is 32.7 Å². The number of hydrogen-bond donors (Lipinski definition) is 1. The topological polar surface area (TPSA) is 98.8 Å². The van der Waals surface area contributed by atoms with E-state index in [4.69, 9.17) is 4.74 Å². The van der Waals surface area contributed by atoms with Gasteiger partial charge in [-0.3, -0.25) is 9.59 Å². The highest BCUT2D eigenvalue weighted by atomic mass is 19.4. The molecular formula is C31H26F3N2O5-. The van der Waals surface area contributed by atoms with Gasteiger partial charge in [-0.15, -0.1) is 0 Å². The zero-order valence-electron chi connectivity index (χ0n) is 22.0. The van der Waals surface area contributed by atoms with Crippen LogP contribution >= 0.6 is 0 Å². The number of para-hydroxylation sites is 2. The monoisotopic (exact) mass is 563 g/mol. The van der Waals surface area contributed by atoms with Gasteiger partial charge < -0.3 is 24.9 Å². The third kappa shape index (κ3) is 5.68. The molecule has 2 aliphatic rings. The number of ether oxygens (including phenoxy) is 1. The van der Waals surface area contributed by atoms with Crippen LogP contribution in [0.25, 0.3) is 0 Å². The second-order valence-electron chi connectivity index (χ2n) is 9.99. The highest BCUT2D eigenvalue weighted by Gasteiger charge is 2.45. The number of ketones is 1. The Morgan fingerprint density at radius 3 is 2.27 bits per heavy atom. The molecule has 3 atom stereocenters. The van der Waals surface area contributed by atoms with Crippen molar-refractivity contribution >= 4 is 29.0 Å². The minimum atomic E-state index is -4.48. The maximum atomic E-state index is 14.0. The van der Waals surface area contributed by atoms with E-state index >= 15 is 0 Å². The van der Waals surface area contributed by atoms with Crippen molar-refractivity contribution in [3.05, 3.63) is 101 Å². The lowest BCUT2D eigenvalue weighted by molar-refractivity contribution is -0.305. The molecule has 3 aromatic rings. The maximum absolute atomic E-state index is 14.0. The van der Waals surface area contributed by atoms with Gasteiger partial charge >= 0.3 is 6.18 Å². The molecule has 1 N–H and O–H groups in total. The summed E-state index contributed by atoms with van der Waals surface area (Å²) in [5, 5.41) is 14.5. The van der Waals surface area contributed by atoms with Crippen molar-refractivity contribution in [1.82, 2.24) is 0 Å². The SMILES string of the molecule is COc1ccc(C2C3C(=O)CC(c4ccc(C(F)(F)F)cc4)C=C3Nc3ccccc3N2C(=O)CCC(=O)[O-])cc1. The molecule has 3 aromatic carbocycles. The third-order valence-corrected chi connectivity index (χ3v) is 7.46. The van der Waals surface area contributed by atoms with E-state index in [1.807, 2.05) is 6.08 Å². The van der Waals surface area contributed by atoms with Crippen molar-refractivity contribution in [3.8, 4) is 5.75 Å². The third-order valence-electron chi connectivity index (χ3n) is 7.46. The van der Waals surface area contributed by atoms with E-state index in [1.165, 1.54) is 24.1 Å². The quantitative estimate of drug-likeness (QED) is 0.453. The van der Waals surface area contributed by atoms with Crippen LogP contribution in [0, 0.1) is 5.92 Å². The number of hydrogen-bond acceptors (Lipinski definition) is 6. The fraction of sp³-hybridized carbons (Fsp3) is 0.258. The van der Waals surface area contributed by atoms with Crippen LogP contribution in [0.1, 0.15) is 47.9 Å². The Morgan fingerprint density at radius 1 is 0.976 bits per heavy atom. The van der Waals surface area contributed by atoms with E-state index in [0.717, 1.165) is 12.1 Å². The van der Waals surface area contributed by atoms with Crippen molar-refractivity contribution in [1.29, 1.82) is 0 Å². The van der Waals surface area contributed by atoms with Gasteiger partial charge in [-0.05, 0) is 53.9 Å². The first kappa shape index (κ1) is 27.9. The molecule has 3 unspecified atom stereocenters. The Labute approximate surface area is 234 Å². The summed E-state index contributed by atoms with van der Waals surface area (Å²) in [7, 11) is 1.52. The predicted molar refractivity (Wildman–Crippen MR) is 143 cm³/mol. The Hall–Kier alpha value is -4.60. The van der Waals surface area contributed by atoms with Crippen LogP contribution in [0.3, 0.4) is 0 Å². The van der Waals surface area contributed by atoms with Gasteiger partial charge in [-0.1, -0.05) is 42.5 Å². The number of carboxylic acid groups (broad SMARTS) is 1.